The molecule has 2 aliphatic carbocycles. The highest BCUT2D eigenvalue weighted by Crippen LogP contribution is 2.44. The van der Waals surface area contributed by atoms with Gasteiger partial charge in [-0.2, -0.15) is 0 Å². The van der Waals surface area contributed by atoms with Crippen LogP contribution < -0.4 is 0 Å². The normalized spacial score (nSPS) is 26.2. The Bertz CT molecular complexity index is 823. The first-order valence-corrected chi connectivity index (χ1v) is 11.7. The lowest BCUT2D eigenvalue weighted by Gasteiger charge is -2.45. The molecule has 150 valence electrons. The van der Waals surface area contributed by atoms with Crippen LogP contribution in [0.2, 0.25) is 0 Å². The molecule has 0 fully saturated rings. The van der Waals surface area contributed by atoms with Crippen LogP contribution in [0.25, 0.3) is 0 Å². The van der Waals surface area contributed by atoms with Crippen LogP contribution in [-0.4, -0.2) is 22.7 Å². The average Bonchev–Trinajstić information content (AvgIpc) is 2.65. The van der Waals surface area contributed by atoms with Crippen molar-refractivity contribution in [3.8, 4) is 0 Å². The number of hydrogen-bond donors (Lipinski definition) is 0. The van der Waals surface area contributed by atoms with Gasteiger partial charge in [0.05, 0.1) is 6.04 Å². The van der Waals surface area contributed by atoms with Gasteiger partial charge in [-0.25, -0.2) is 0 Å². The van der Waals surface area contributed by atoms with Crippen LogP contribution in [0.15, 0.2) is 82.0 Å². The van der Waals surface area contributed by atoms with Gasteiger partial charge in [-0.1, -0.05) is 43.4 Å². The molecule has 0 spiro atoms. The van der Waals surface area contributed by atoms with Gasteiger partial charge in [0.2, 0.25) is 0 Å². The molecule has 1 nitrogen and oxygen atoms in total. The first kappa shape index (κ1) is 21.0. The summed E-state index contributed by atoms with van der Waals surface area (Å²) in [6, 6.07) is 0.315. The molecule has 1 heterocycles. The fourth-order valence-corrected chi connectivity index (χ4v) is 5.34. The summed E-state index contributed by atoms with van der Waals surface area (Å²) < 4.78 is 0. The topological polar surface area (TPSA) is 3.24 Å². The molecule has 3 aliphatic rings. The van der Waals surface area contributed by atoms with E-state index < -0.39 is 0 Å². The highest BCUT2D eigenvalue weighted by Gasteiger charge is 2.34. The molecule has 0 aromatic heterocycles. The van der Waals surface area contributed by atoms with Gasteiger partial charge in [0.25, 0.3) is 0 Å². The van der Waals surface area contributed by atoms with E-state index in [2.05, 4.69) is 108 Å². The first-order chi connectivity index (χ1) is 13.3. The third kappa shape index (κ3) is 4.03. The molecular weight excluding hydrogens is 358 g/mol. The Kier molecular flexibility index (Phi) is 6.29. The summed E-state index contributed by atoms with van der Waals surface area (Å²) in [7, 11) is 0. The minimum absolute atomic E-state index is 0.0825. The first-order valence-electron chi connectivity index (χ1n) is 10.4. The summed E-state index contributed by atoms with van der Waals surface area (Å²) in [4.78, 5) is 3.97. The lowest BCUT2D eigenvalue weighted by molar-refractivity contribution is 0.175. The summed E-state index contributed by atoms with van der Waals surface area (Å²) in [5, 5.41) is 0. The van der Waals surface area contributed by atoms with Crippen molar-refractivity contribution in [2.24, 2.45) is 11.8 Å². The van der Waals surface area contributed by atoms with Gasteiger partial charge < -0.3 is 4.90 Å². The van der Waals surface area contributed by atoms with Gasteiger partial charge in [0.15, 0.2) is 0 Å². The third-order valence-corrected chi connectivity index (χ3v) is 6.97. The molecule has 0 bridgehead atoms. The van der Waals surface area contributed by atoms with Gasteiger partial charge in [0.1, 0.15) is 0 Å². The average molecular weight is 394 g/mol. The predicted molar refractivity (Wildman–Crippen MR) is 126 cm³/mol. The summed E-state index contributed by atoms with van der Waals surface area (Å²) in [6.07, 6.45) is 24.2. The van der Waals surface area contributed by atoms with Crippen LogP contribution in [0.1, 0.15) is 48.0 Å². The van der Waals surface area contributed by atoms with Gasteiger partial charge in [-0.3, -0.25) is 0 Å². The van der Waals surface area contributed by atoms with E-state index in [0.29, 0.717) is 17.9 Å². The molecule has 3 rings (SSSR count). The Labute approximate surface area is 176 Å². The van der Waals surface area contributed by atoms with E-state index in [4.69, 9.17) is 0 Å². The number of hydrogen-bond acceptors (Lipinski definition) is 2. The second kappa shape index (κ2) is 8.37. The van der Waals surface area contributed by atoms with Crippen LogP contribution in [0, 0.1) is 11.8 Å². The lowest BCUT2D eigenvalue weighted by Crippen LogP contribution is -2.47. The number of thioether (sulfide) groups is 1. The molecule has 0 aromatic rings. The van der Waals surface area contributed by atoms with Crippen molar-refractivity contribution in [2.45, 2.75) is 59.5 Å². The zero-order valence-corrected chi connectivity index (χ0v) is 19.3. The maximum atomic E-state index is 2.52. The van der Waals surface area contributed by atoms with Crippen molar-refractivity contribution in [3.05, 3.63) is 82.0 Å². The Balaban J connectivity index is 2.03. The third-order valence-electron chi connectivity index (χ3n) is 6.02. The van der Waals surface area contributed by atoms with Gasteiger partial charge in [0, 0.05) is 16.6 Å². The zero-order valence-electron chi connectivity index (χ0n) is 18.5. The standard InChI is InChI=1S/C26H35NS/c1-8-11-18(2)21-14-13-20(22-16-19(3)25(22)28-7)17-23(21)24-12-9-10-15-27(24)26(4,5)6/h8-13,15-18,21,24H,14H2,1-7H3. The van der Waals surface area contributed by atoms with Crippen molar-refractivity contribution in [2.75, 3.05) is 6.26 Å². The fraction of sp³-hybridized carbons (Fsp3) is 0.462. The minimum Gasteiger partial charge on any atom is -0.363 e. The van der Waals surface area contributed by atoms with Crippen LogP contribution in [-0.2, 0) is 0 Å². The molecule has 0 saturated carbocycles. The summed E-state index contributed by atoms with van der Waals surface area (Å²) in [6.45, 7) is 13.6. The molecule has 1 aliphatic heterocycles. The Morgan fingerprint density at radius 3 is 2.57 bits per heavy atom. The second-order valence-electron chi connectivity index (χ2n) is 9.05. The summed E-state index contributed by atoms with van der Waals surface area (Å²) >= 11 is 1.87. The van der Waals surface area contributed by atoms with Crippen molar-refractivity contribution >= 4 is 11.8 Å². The largest absolute Gasteiger partial charge is 0.363 e. The molecule has 0 N–H and O–H groups in total. The van der Waals surface area contributed by atoms with Crippen molar-refractivity contribution in [1.29, 1.82) is 0 Å². The van der Waals surface area contributed by atoms with E-state index in [9.17, 15) is 0 Å². The number of rotatable bonds is 5. The SMILES string of the molecule is CC=CC(C)C1CC=C(C2=C(SC)C(C)=C2)C=C1C1C=CC=CN1C(C)(C)C. The Morgan fingerprint density at radius 2 is 1.96 bits per heavy atom. The minimum atomic E-state index is 0.0825. The van der Waals surface area contributed by atoms with Crippen molar-refractivity contribution < 1.29 is 0 Å². The zero-order chi connectivity index (χ0) is 20.5. The maximum absolute atomic E-state index is 2.52. The van der Waals surface area contributed by atoms with Crippen LogP contribution in [0.4, 0.5) is 0 Å². The van der Waals surface area contributed by atoms with E-state index in [1.165, 1.54) is 21.6 Å². The Morgan fingerprint density at radius 1 is 1.21 bits per heavy atom. The van der Waals surface area contributed by atoms with Crippen LogP contribution >= 0.6 is 11.8 Å². The van der Waals surface area contributed by atoms with E-state index in [-0.39, 0.29) is 5.54 Å². The second-order valence-corrected chi connectivity index (χ2v) is 9.87. The summed E-state index contributed by atoms with van der Waals surface area (Å²) in [5.74, 6) is 1.07. The van der Waals surface area contributed by atoms with E-state index >= 15 is 0 Å². The quantitative estimate of drug-likeness (QED) is 0.454. The van der Waals surface area contributed by atoms with E-state index in [1.54, 1.807) is 5.57 Å². The van der Waals surface area contributed by atoms with E-state index in [0.717, 1.165) is 6.42 Å². The van der Waals surface area contributed by atoms with Crippen LogP contribution in [0.5, 0.6) is 0 Å². The molecule has 0 amide bonds. The molecule has 0 radical (unpaired) electrons. The van der Waals surface area contributed by atoms with Gasteiger partial charge in [-0.05, 0) is 93.6 Å². The molecule has 0 saturated heterocycles. The molecule has 3 unspecified atom stereocenters. The summed E-state index contributed by atoms with van der Waals surface area (Å²) in [5.41, 5.74) is 5.88. The van der Waals surface area contributed by atoms with E-state index in [1.807, 2.05) is 11.8 Å². The lowest BCUT2D eigenvalue weighted by atomic mass is 9.74. The highest BCUT2D eigenvalue weighted by atomic mass is 32.2. The van der Waals surface area contributed by atoms with Crippen molar-refractivity contribution in [3.63, 3.8) is 0 Å². The maximum Gasteiger partial charge on any atom is 0.0695 e. The molecule has 28 heavy (non-hydrogen) atoms. The van der Waals surface area contributed by atoms with Crippen LogP contribution in [0.3, 0.4) is 0 Å². The smallest absolute Gasteiger partial charge is 0.0695 e. The predicted octanol–water partition coefficient (Wildman–Crippen LogP) is 7.20. The monoisotopic (exact) mass is 393 g/mol. The number of nitrogens with zero attached hydrogens (tertiary/aromatic N) is 1. The van der Waals surface area contributed by atoms with Gasteiger partial charge >= 0.3 is 0 Å². The highest BCUT2D eigenvalue weighted by molar-refractivity contribution is 8.02. The number of allylic oxidation sites excluding steroid dienone is 10. The molecule has 2 heteroatoms. The fourth-order valence-electron chi connectivity index (χ4n) is 4.56. The molecular formula is C26H35NS. The molecule has 3 atom stereocenters. The molecule has 0 aromatic carbocycles. The van der Waals surface area contributed by atoms with Crippen molar-refractivity contribution in [1.82, 2.24) is 4.90 Å². The van der Waals surface area contributed by atoms with Gasteiger partial charge in [-0.15, -0.1) is 11.8 Å². The Hall–Kier alpha value is -1.67.